The molecule has 0 saturated carbocycles. The SMILES string of the molecule is CN(C)c1ccnc(-c2nc3ccccc3[n-]2)c1.Fc1c(F)c(F)c2[n-]c(-c3ccccn3)nc2c1F.O=c1cc[n-]c(-c2ccccn2)c1.[Ir].[Ir].[Ir].[Ir].[Ir].[Ir].c1ccc2[n-]c(-c3cscn3)nc2c1.c1ccc2[n-]c(-c3ncncn3)nc2c1.c1cnc(-c2nc3ccccc3[n-]2)nc1. The minimum Gasteiger partial charge on any atom is -0.662 e. The zero-order valence-corrected chi connectivity index (χ0v) is 66.3. The number of rotatable bonds is 7. The van der Waals surface area contributed by atoms with Crippen molar-refractivity contribution in [2.75, 3.05) is 19.0 Å². The van der Waals surface area contributed by atoms with Crippen LogP contribution in [0.2, 0.25) is 0 Å². The quantitative estimate of drug-likeness (QED) is 0.0814. The van der Waals surface area contributed by atoms with Crippen molar-refractivity contribution in [3.05, 3.63) is 258 Å². The van der Waals surface area contributed by atoms with E-state index in [1.165, 1.54) is 43.2 Å². The van der Waals surface area contributed by atoms with Gasteiger partial charge in [0.05, 0.1) is 22.6 Å². The number of aromatic nitrogens is 20. The molecule has 0 fully saturated rings. The van der Waals surface area contributed by atoms with E-state index < -0.39 is 34.3 Å². The molecule has 22 nitrogen and oxygen atoms in total. The number of anilines is 1. The van der Waals surface area contributed by atoms with Crippen LogP contribution < -0.4 is 40.2 Å². The van der Waals surface area contributed by atoms with Gasteiger partial charge in [-0.25, -0.2) is 47.5 Å². The summed E-state index contributed by atoms with van der Waals surface area (Å²) in [6, 6.07) is 50.0. The smallest absolute Gasteiger partial charge is 0.197 e. The summed E-state index contributed by atoms with van der Waals surface area (Å²) in [5, 5.41) is 1.95. The molecule has 17 aromatic rings. The number of fused-ring (bicyclic) bond motifs is 5. The van der Waals surface area contributed by atoms with E-state index in [4.69, 9.17) is 0 Å². The van der Waals surface area contributed by atoms with Gasteiger partial charge in [-0.05, 0) is 128 Å². The average Bonchev–Trinajstić information content (AvgIpc) is 1.54. The minimum absolute atomic E-state index is 0. The molecule has 0 aliphatic carbocycles. The van der Waals surface area contributed by atoms with Crippen LogP contribution in [0, 0.1) is 23.3 Å². The number of nitrogens with zero attached hydrogens (tertiary/aromatic N) is 21. The van der Waals surface area contributed by atoms with Crippen LogP contribution in [0.15, 0.2) is 229 Å². The van der Waals surface area contributed by atoms with E-state index in [1.54, 1.807) is 59.8 Å². The molecule has 0 amide bonds. The van der Waals surface area contributed by atoms with Crippen LogP contribution in [0.1, 0.15) is 0 Å². The van der Waals surface area contributed by atoms with Crippen LogP contribution in [-0.2, 0) is 121 Å². The number of para-hydroxylation sites is 8. The van der Waals surface area contributed by atoms with Crippen LogP contribution >= 0.6 is 11.3 Å². The first-order valence-corrected chi connectivity index (χ1v) is 29.1. The molecule has 33 heteroatoms. The Morgan fingerprint density at radius 1 is 0.390 bits per heavy atom. The largest absolute Gasteiger partial charge is 0.662 e. The summed E-state index contributed by atoms with van der Waals surface area (Å²) in [5.41, 5.74) is 11.9. The number of benzene rings is 5. The van der Waals surface area contributed by atoms with Crippen molar-refractivity contribution in [3.63, 3.8) is 0 Å². The predicted molar refractivity (Wildman–Crippen MR) is 346 cm³/mol. The van der Waals surface area contributed by atoms with Crippen LogP contribution in [0.4, 0.5) is 23.2 Å². The maximum atomic E-state index is 13.5. The second-order valence-electron chi connectivity index (χ2n) is 19.7. The van der Waals surface area contributed by atoms with Gasteiger partial charge in [-0.3, -0.25) is 19.7 Å². The summed E-state index contributed by atoms with van der Waals surface area (Å²) in [4.78, 5) is 95.9. The van der Waals surface area contributed by atoms with Gasteiger partial charge >= 0.3 is 0 Å². The number of hydrogen-bond donors (Lipinski definition) is 0. The summed E-state index contributed by atoms with van der Waals surface area (Å²) in [7, 11) is 4.00. The molecule has 12 aromatic heterocycles. The van der Waals surface area contributed by atoms with E-state index in [0.717, 1.165) is 66.9 Å². The molecular weight excluding hydrogens is 2380 g/mol. The summed E-state index contributed by atoms with van der Waals surface area (Å²) in [6.07, 6.45) is 12.6. The fraction of sp³-hybridized carbons (Fsp3) is 0.0299. The molecule has 0 aliphatic heterocycles. The number of pyridine rings is 4. The van der Waals surface area contributed by atoms with Gasteiger partial charge in [0.15, 0.2) is 40.3 Å². The summed E-state index contributed by atoms with van der Waals surface area (Å²) in [5.74, 6) is -3.46. The fourth-order valence-electron chi connectivity index (χ4n) is 8.69. The first-order chi connectivity index (χ1) is 46.0. The molecule has 0 aliphatic rings. The average molecular weight is 2420 g/mol. The molecular formula is C67H43F4Ir6N21OS-6. The molecule has 0 atom stereocenters. The Hall–Kier alpha value is -9.01. The van der Waals surface area contributed by atoms with Crippen molar-refractivity contribution in [1.82, 2.24) is 99.7 Å². The van der Waals surface area contributed by atoms with Crippen LogP contribution in [0.5, 0.6) is 0 Å². The predicted octanol–water partition coefficient (Wildman–Crippen LogP) is 11.2. The Morgan fingerprint density at radius 2 is 0.840 bits per heavy atom. The molecule has 12 heterocycles. The molecule has 0 saturated heterocycles. The van der Waals surface area contributed by atoms with Crippen molar-refractivity contribution in [2.24, 2.45) is 0 Å². The third-order valence-corrected chi connectivity index (χ3v) is 13.7. The van der Waals surface area contributed by atoms with E-state index in [9.17, 15) is 22.4 Å². The van der Waals surface area contributed by atoms with E-state index in [2.05, 4.69) is 99.7 Å². The van der Waals surface area contributed by atoms with Gasteiger partial charge in [-0.1, -0.05) is 109 Å². The van der Waals surface area contributed by atoms with Crippen molar-refractivity contribution in [2.45, 2.75) is 0 Å². The zero-order valence-electron chi connectivity index (χ0n) is 51.1. The molecule has 0 unspecified atom stereocenters. The molecule has 17 rings (SSSR count). The van der Waals surface area contributed by atoms with Crippen LogP contribution in [0.25, 0.3) is 124 Å². The molecule has 0 spiro atoms. The Kier molecular flexibility index (Phi) is 30.8. The van der Waals surface area contributed by atoms with Gasteiger partial charge in [0.2, 0.25) is 0 Å². The summed E-state index contributed by atoms with van der Waals surface area (Å²) < 4.78 is 53.0. The monoisotopic (exact) mass is 2420 g/mol. The Labute approximate surface area is 650 Å². The van der Waals surface area contributed by atoms with E-state index in [0.29, 0.717) is 40.6 Å². The van der Waals surface area contributed by atoms with Crippen molar-refractivity contribution < 1.29 is 138 Å². The van der Waals surface area contributed by atoms with Gasteiger partial charge in [0.1, 0.15) is 12.7 Å². The molecule has 516 valence electrons. The number of imidazole rings is 5. The normalized spacial score (nSPS) is 10.1. The summed E-state index contributed by atoms with van der Waals surface area (Å²) >= 11 is 1.55. The van der Waals surface area contributed by atoms with E-state index >= 15 is 0 Å². The van der Waals surface area contributed by atoms with Crippen molar-refractivity contribution >= 4 is 72.2 Å². The van der Waals surface area contributed by atoms with Gasteiger partial charge in [-0.15, -0.1) is 17.0 Å². The topological polar surface area (TPSA) is 285 Å². The zero-order chi connectivity index (χ0) is 64.8. The van der Waals surface area contributed by atoms with E-state index in [1.807, 2.05) is 152 Å². The van der Waals surface area contributed by atoms with Crippen molar-refractivity contribution in [1.29, 1.82) is 0 Å². The molecule has 0 N–H and O–H groups in total. The van der Waals surface area contributed by atoms with Gasteiger partial charge in [0.25, 0.3) is 0 Å². The number of thiazole rings is 1. The van der Waals surface area contributed by atoms with E-state index in [-0.39, 0.29) is 138 Å². The van der Waals surface area contributed by atoms with Gasteiger partial charge in [-0.2, -0.15) is 6.20 Å². The third-order valence-electron chi connectivity index (χ3n) is 13.2. The van der Waals surface area contributed by atoms with Crippen LogP contribution in [-0.4, -0.2) is 83.9 Å². The Bertz CT molecular complexity index is 5110. The number of hydrogen-bond acceptors (Lipinski definition) is 17. The Morgan fingerprint density at radius 3 is 1.33 bits per heavy atom. The van der Waals surface area contributed by atoms with Gasteiger partial charge < -0.3 is 59.7 Å². The fourth-order valence-corrected chi connectivity index (χ4v) is 9.22. The first-order valence-electron chi connectivity index (χ1n) is 28.1. The van der Waals surface area contributed by atoms with Crippen LogP contribution in [0.3, 0.4) is 0 Å². The second-order valence-corrected chi connectivity index (χ2v) is 20.4. The van der Waals surface area contributed by atoms with Gasteiger partial charge in [0, 0.05) is 194 Å². The number of halogens is 4. The standard InChI is InChI=1S/C14H13N4.C12H4F4N3.C11H7N4.C10H6N5.C10H6N3S.C10H8N2O.6Ir/c1-18(2)10-7-8-15-13(9-10)14-16-11-5-3-4-6-12(11)17-14;13-6-7(14)9(16)11-10(8(6)15)18-12(19-11)5-3-1-2-4-17-5;1-2-5-9-8(4-1)14-11(15-9)10-12-6-3-7-13-10;1-2-4-8-7(3-1)14-10(15-8)9-12-5-11-6-13-9;1-2-4-8-7(3-1)12-10(13-8)9-5-14-6-11-9;13-8-4-6-12-10(7-8)9-3-1-2-5-11-9;;;;;;/h3-9H,1-2H3;1-4H;1-7H;1-6H;1-6H;1-7H,(H,12,13);;;;;;/q5*-1;;;;;;;/p-1. The second kappa shape index (κ2) is 38.5. The Balaban J connectivity index is 0.000000188. The molecule has 5 aromatic carbocycles. The minimum atomic E-state index is -1.91. The molecule has 100 heavy (non-hydrogen) atoms. The maximum Gasteiger partial charge on any atom is 0.197 e. The molecule has 0 bridgehead atoms. The molecule has 6 radical (unpaired) electrons. The maximum absolute atomic E-state index is 13.5. The summed E-state index contributed by atoms with van der Waals surface area (Å²) in [6.45, 7) is 0. The van der Waals surface area contributed by atoms with Crippen molar-refractivity contribution in [3.8, 4) is 69.2 Å². The third kappa shape index (κ3) is 19.9. The first kappa shape index (κ1) is 80.0.